The first-order valence-electron chi connectivity index (χ1n) is 6.41. The lowest BCUT2D eigenvalue weighted by Crippen LogP contribution is -2.41. The van der Waals surface area contributed by atoms with Crippen LogP contribution < -0.4 is 0 Å². The minimum absolute atomic E-state index is 0.118. The van der Waals surface area contributed by atoms with E-state index in [1.807, 2.05) is 4.90 Å². The number of carbonyl (C=O) groups excluding carboxylic acids is 1. The quantitative estimate of drug-likeness (QED) is 0.724. The van der Waals surface area contributed by atoms with E-state index in [0.717, 1.165) is 6.54 Å². The topological polar surface area (TPSA) is 73.1 Å². The van der Waals surface area contributed by atoms with Gasteiger partial charge in [-0.3, -0.25) is 4.79 Å². The summed E-state index contributed by atoms with van der Waals surface area (Å²) in [6, 6.07) is 0. The molecule has 8 heteroatoms. The maximum Gasteiger partial charge on any atom is 0.233 e. The molecular weight excluding hydrogens is 266 g/mol. The van der Waals surface area contributed by atoms with E-state index in [0.29, 0.717) is 43.1 Å². The maximum atomic E-state index is 12.0. The molecule has 1 aliphatic heterocycles. The summed E-state index contributed by atoms with van der Waals surface area (Å²) < 4.78 is 6.98. The molecule has 2 heterocycles. The molecule has 0 aliphatic carbocycles. The third kappa shape index (κ3) is 4.17. The monoisotopic (exact) mass is 285 g/mol. The van der Waals surface area contributed by atoms with Crippen molar-refractivity contribution in [2.45, 2.75) is 25.5 Å². The second kappa shape index (κ2) is 6.85. The summed E-state index contributed by atoms with van der Waals surface area (Å²) in [6.45, 7) is 7.58. The van der Waals surface area contributed by atoms with E-state index in [9.17, 15) is 4.79 Å². The zero-order valence-electron chi connectivity index (χ0n) is 11.3. The van der Waals surface area contributed by atoms with Gasteiger partial charge in [-0.25, -0.2) is 4.68 Å². The van der Waals surface area contributed by atoms with Gasteiger partial charge >= 0.3 is 0 Å². The highest BCUT2D eigenvalue weighted by atomic mass is 32.2. The average Bonchev–Trinajstić information content (AvgIpc) is 2.83. The Hall–Kier alpha value is -1.15. The lowest BCUT2D eigenvalue weighted by molar-refractivity contribution is -0.132. The molecule has 19 heavy (non-hydrogen) atoms. The Kier molecular flexibility index (Phi) is 5.15. The van der Waals surface area contributed by atoms with E-state index in [1.54, 1.807) is 4.68 Å². The van der Waals surface area contributed by atoms with Crippen LogP contribution in [-0.2, 0) is 16.1 Å². The molecule has 1 amide bonds. The SMILES string of the molecule is CC(C)Cn1nnnc1SCC(=O)N1CCOCC1. The fourth-order valence-corrected chi connectivity index (χ4v) is 2.58. The number of tetrazole rings is 1. The van der Waals surface area contributed by atoms with Crippen LogP contribution in [0.25, 0.3) is 0 Å². The first-order chi connectivity index (χ1) is 9.16. The fourth-order valence-electron chi connectivity index (χ4n) is 1.79. The van der Waals surface area contributed by atoms with Crippen LogP contribution in [0.5, 0.6) is 0 Å². The summed E-state index contributed by atoms with van der Waals surface area (Å²) in [7, 11) is 0. The van der Waals surface area contributed by atoms with Gasteiger partial charge < -0.3 is 9.64 Å². The summed E-state index contributed by atoms with van der Waals surface area (Å²) in [4.78, 5) is 13.8. The highest BCUT2D eigenvalue weighted by Gasteiger charge is 2.18. The van der Waals surface area contributed by atoms with Crippen molar-refractivity contribution in [2.75, 3.05) is 32.1 Å². The Morgan fingerprint density at radius 1 is 1.42 bits per heavy atom. The minimum Gasteiger partial charge on any atom is -0.378 e. The van der Waals surface area contributed by atoms with Crippen LogP contribution in [0, 0.1) is 5.92 Å². The molecule has 1 aromatic heterocycles. The molecule has 2 rings (SSSR count). The molecule has 106 valence electrons. The number of aromatic nitrogens is 4. The van der Waals surface area contributed by atoms with Gasteiger partial charge in [0.2, 0.25) is 11.1 Å². The van der Waals surface area contributed by atoms with E-state index in [4.69, 9.17) is 4.74 Å². The summed E-state index contributed by atoms with van der Waals surface area (Å²) in [5.41, 5.74) is 0. The third-order valence-corrected chi connectivity index (χ3v) is 3.67. The number of morpholine rings is 1. The standard InChI is InChI=1S/C11H19N5O2S/c1-9(2)7-16-11(12-13-14-16)19-8-10(17)15-3-5-18-6-4-15/h9H,3-8H2,1-2H3. The largest absolute Gasteiger partial charge is 0.378 e. The van der Waals surface area contributed by atoms with Crippen molar-refractivity contribution >= 4 is 17.7 Å². The molecule has 0 radical (unpaired) electrons. The number of ether oxygens (including phenoxy) is 1. The van der Waals surface area contributed by atoms with Crippen molar-refractivity contribution < 1.29 is 9.53 Å². The van der Waals surface area contributed by atoms with Crippen LogP contribution in [0.4, 0.5) is 0 Å². The zero-order valence-corrected chi connectivity index (χ0v) is 12.1. The number of rotatable bonds is 5. The Balaban J connectivity index is 1.84. The molecule has 1 aliphatic rings. The van der Waals surface area contributed by atoms with Gasteiger partial charge in [-0.05, 0) is 16.3 Å². The summed E-state index contributed by atoms with van der Waals surface area (Å²) in [5, 5.41) is 12.3. The molecule has 0 saturated carbocycles. The molecule has 0 unspecified atom stereocenters. The lowest BCUT2D eigenvalue weighted by Gasteiger charge is -2.26. The molecule has 0 atom stereocenters. The minimum atomic E-state index is 0.118. The highest BCUT2D eigenvalue weighted by Crippen LogP contribution is 2.15. The van der Waals surface area contributed by atoms with Gasteiger partial charge in [0.1, 0.15) is 0 Å². The third-order valence-electron chi connectivity index (χ3n) is 2.73. The number of amides is 1. The molecule has 1 fully saturated rings. The zero-order chi connectivity index (χ0) is 13.7. The predicted molar refractivity (Wildman–Crippen MR) is 70.8 cm³/mol. The molecule has 1 saturated heterocycles. The molecule has 0 aromatic carbocycles. The Labute approximate surface area is 116 Å². The van der Waals surface area contributed by atoms with Crippen molar-refractivity contribution in [2.24, 2.45) is 5.92 Å². The van der Waals surface area contributed by atoms with E-state index in [-0.39, 0.29) is 5.91 Å². The Morgan fingerprint density at radius 3 is 2.84 bits per heavy atom. The van der Waals surface area contributed by atoms with Crippen molar-refractivity contribution in [3.05, 3.63) is 0 Å². The van der Waals surface area contributed by atoms with Crippen LogP contribution in [0.3, 0.4) is 0 Å². The summed E-state index contributed by atoms with van der Waals surface area (Å²) in [6.07, 6.45) is 0. The Morgan fingerprint density at radius 2 is 2.16 bits per heavy atom. The highest BCUT2D eigenvalue weighted by molar-refractivity contribution is 7.99. The summed E-state index contributed by atoms with van der Waals surface area (Å²) >= 11 is 1.39. The second-order valence-corrected chi connectivity index (χ2v) is 5.76. The van der Waals surface area contributed by atoms with E-state index in [1.165, 1.54) is 11.8 Å². The number of thioether (sulfide) groups is 1. The Bertz CT molecular complexity index is 417. The lowest BCUT2D eigenvalue weighted by atomic mass is 10.2. The van der Waals surface area contributed by atoms with Gasteiger partial charge in [-0.1, -0.05) is 25.6 Å². The maximum absolute atomic E-state index is 12.0. The molecule has 7 nitrogen and oxygen atoms in total. The van der Waals surface area contributed by atoms with Gasteiger partial charge in [0.05, 0.1) is 19.0 Å². The fraction of sp³-hybridized carbons (Fsp3) is 0.818. The molecule has 0 bridgehead atoms. The first kappa shape index (κ1) is 14.3. The number of hydrogen-bond donors (Lipinski definition) is 0. The van der Waals surface area contributed by atoms with Crippen molar-refractivity contribution in [3.63, 3.8) is 0 Å². The van der Waals surface area contributed by atoms with Gasteiger partial charge in [0.15, 0.2) is 0 Å². The van der Waals surface area contributed by atoms with Gasteiger partial charge in [-0.2, -0.15) is 0 Å². The molecular formula is C11H19N5O2S. The van der Waals surface area contributed by atoms with E-state index >= 15 is 0 Å². The first-order valence-corrected chi connectivity index (χ1v) is 7.40. The van der Waals surface area contributed by atoms with E-state index < -0.39 is 0 Å². The van der Waals surface area contributed by atoms with Gasteiger partial charge in [-0.15, -0.1) is 5.10 Å². The molecule has 0 spiro atoms. The predicted octanol–water partition coefficient (Wildman–Crippen LogP) is 0.280. The second-order valence-electron chi connectivity index (χ2n) is 4.82. The van der Waals surface area contributed by atoms with Crippen molar-refractivity contribution in [1.29, 1.82) is 0 Å². The van der Waals surface area contributed by atoms with Crippen molar-refractivity contribution in [1.82, 2.24) is 25.1 Å². The van der Waals surface area contributed by atoms with Crippen molar-refractivity contribution in [3.8, 4) is 0 Å². The van der Waals surface area contributed by atoms with Crippen LogP contribution in [-0.4, -0.2) is 63.1 Å². The smallest absolute Gasteiger partial charge is 0.233 e. The number of nitrogens with zero attached hydrogens (tertiary/aromatic N) is 5. The van der Waals surface area contributed by atoms with E-state index in [2.05, 4.69) is 29.4 Å². The van der Waals surface area contributed by atoms with Crippen LogP contribution in [0.15, 0.2) is 5.16 Å². The normalized spacial score (nSPS) is 16.1. The van der Waals surface area contributed by atoms with Crippen LogP contribution in [0.2, 0.25) is 0 Å². The molecule has 0 N–H and O–H groups in total. The number of carbonyl (C=O) groups is 1. The van der Waals surface area contributed by atoms with Crippen LogP contribution in [0.1, 0.15) is 13.8 Å². The average molecular weight is 285 g/mol. The molecule has 1 aromatic rings. The summed E-state index contributed by atoms with van der Waals surface area (Å²) in [5.74, 6) is 0.962. The number of hydrogen-bond acceptors (Lipinski definition) is 6. The van der Waals surface area contributed by atoms with Gasteiger partial charge in [0, 0.05) is 19.6 Å². The van der Waals surface area contributed by atoms with Gasteiger partial charge in [0.25, 0.3) is 0 Å². The van der Waals surface area contributed by atoms with Crippen LogP contribution >= 0.6 is 11.8 Å².